The standard InChI is InChI=1S/C17H17BrN2O3S/c18-16-3-1-13(2-4-16)12-24(22,23)20-7-5-14(6-8-20)15-9-17(21)11-19-10-15/h1-5,9-11,21H,6-8,12H2. The molecule has 1 N–H and O–H groups in total. The van der Waals surface area contributed by atoms with Gasteiger partial charge in [-0.2, -0.15) is 4.31 Å². The van der Waals surface area contributed by atoms with Gasteiger partial charge in [0.15, 0.2) is 0 Å². The average Bonchev–Trinajstić information content (AvgIpc) is 2.57. The highest BCUT2D eigenvalue weighted by molar-refractivity contribution is 9.10. The monoisotopic (exact) mass is 408 g/mol. The Hall–Kier alpha value is -1.70. The van der Waals surface area contributed by atoms with Crippen LogP contribution in [0.3, 0.4) is 0 Å². The number of aromatic nitrogens is 1. The van der Waals surface area contributed by atoms with Crippen molar-refractivity contribution in [1.82, 2.24) is 9.29 Å². The Morgan fingerprint density at radius 2 is 1.96 bits per heavy atom. The zero-order valence-electron chi connectivity index (χ0n) is 12.9. The SMILES string of the molecule is O=S(=O)(Cc1ccc(Br)cc1)N1CC=C(c2cncc(O)c2)CC1. The summed E-state index contributed by atoms with van der Waals surface area (Å²) in [5.41, 5.74) is 2.61. The van der Waals surface area contributed by atoms with E-state index in [1.54, 1.807) is 12.3 Å². The van der Waals surface area contributed by atoms with E-state index < -0.39 is 10.0 Å². The molecule has 1 aliphatic heterocycles. The summed E-state index contributed by atoms with van der Waals surface area (Å²) < 4.78 is 27.6. The summed E-state index contributed by atoms with van der Waals surface area (Å²) >= 11 is 3.34. The van der Waals surface area contributed by atoms with Gasteiger partial charge in [-0.3, -0.25) is 4.98 Å². The smallest absolute Gasteiger partial charge is 0.218 e. The minimum Gasteiger partial charge on any atom is -0.506 e. The summed E-state index contributed by atoms with van der Waals surface area (Å²) in [5, 5.41) is 9.51. The average molecular weight is 409 g/mol. The Bertz CT molecular complexity index is 864. The molecule has 0 atom stereocenters. The lowest BCUT2D eigenvalue weighted by molar-refractivity contribution is 0.440. The number of hydrogen-bond acceptors (Lipinski definition) is 4. The van der Waals surface area contributed by atoms with E-state index in [1.807, 2.05) is 30.3 Å². The van der Waals surface area contributed by atoms with Crippen molar-refractivity contribution in [2.45, 2.75) is 12.2 Å². The van der Waals surface area contributed by atoms with Gasteiger partial charge in [0.2, 0.25) is 10.0 Å². The fourth-order valence-electron chi connectivity index (χ4n) is 2.65. The zero-order chi connectivity index (χ0) is 17.2. The van der Waals surface area contributed by atoms with E-state index in [2.05, 4.69) is 20.9 Å². The maximum atomic E-state index is 12.6. The van der Waals surface area contributed by atoms with E-state index in [1.165, 1.54) is 10.5 Å². The van der Waals surface area contributed by atoms with Crippen LogP contribution >= 0.6 is 15.9 Å². The van der Waals surface area contributed by atoms with Crippen LogP contribution in [0.5, 0.6) is 5.75 Å². The molecule has 0 aliphatic carbocycles. The van der Waals surface area contributed by atoms with Crippen LogP contribution in [-0.4, -0.2) is 35.9 Å². The van der Waals surface area contributed by atoms with Gasteiger partial charge < -0.3 is 5.11 Å². The maximum Gasteiger partial charge on any atom is 0.218 e. The van der Waals surface area contributed by atoms with Crippen molar-refractivity contribution in [3.05, 3.63) is 64.4 Å². The van der Waals surface area contributed by atoms with Gasteiger partial charge in [0, 0.05) is 23.8 Å². The first-order valence-corrected chi connectivity index (χ1v) is 9.90. The highest BCUT2D eigenvalue weighted by atomic mass is 79.9. The van der Waals surface area contributed by atoms with Crippen LogP contribution in [0.1, 0.15) is 17.5 Å². The first-order valence-electron chi connectivity index (χ1n) is 7.50. The molecule has 0 spiro atoms. The van der Waals surface area contributed by atoms with Gasteiger partial charge in [0.05, 0.1) is 11.9 Å². The molecule has 1 aromatic heterocycles. The Morgan fingerprint density at radius 1 is 1.21 bits per heavy atom. The first kappa shape index (κ1) is 17.1. The molecule has 2 heterocycles. The normalized spacial score (nSPS) is 16.0. The Labute approximate surface area is 149 Å². The maximum absolute atomic E-state index is 12.6. The summed E-state index contributed by atoms with van der Waals surface area (Å²) in [6.45, 7) is 0.768. The molecule has 0 saturated heterocycles. The molecule has 0 fully saturated rings. The van der Waals surface area contributed by atoms with Crippen LogP contribution in [0.2, 0.25) is 0 Å². The largest absolute Gasteiger partial charge is 0.506 e. The third kappa shape index (κ3) is 4.03. The van der Waals surface area contributed by atoms with Crippen molar-refractivity contribution in [3.8, 4) is 5.75 Å². The van der Waals surface area contributed by atoms with Gasteiger partial charge in [-0.1, -0.05) is 34.1 Å². The number of sulfonamides is 1. The van der Waals surface area contributed by atoms with E-state index in [-0.39, 0.29) is 11.5 Å². The lowest BCUT2D eigenvalue weighted by Gasteiger charge is -2.26. The summed E-state index contributed by atoms with van der Waals surface area (Å²) in [5.74, 6) is 0.107. The van der Waals surface area contributed by atoms with E-state index in [4.69, 9.17) is 0 Å². The number of pyridine rings is 1. The molecular formula is C17H17BrN2O3S. The molecule has 0 radical (unpaired) electrons. The van der Waals surface area contributed by atoms with E-state index in [9.17, 15) is 13.5 Å². The van der Waals surface area contributed by atoms with Gasteiger partial charge in [0.25, 0.3) is 0 Å². The van der Waals surface area contributed by atoms with Crippen LogP contribution in [-0.2, 0) is 15.8 Å². The van der Waals surface area contributed by atoms with Crippen LogP contribution in [0.25, 0.3) is 5.57 Å². The Balaban J connectivity index is 1.71. The molecule has 3 rings (SSSR count). The van der Waals surface area contributed by atoms with Crippen LogP contribution in [0.15, 0.2) is 53.3 Å². The highest BCUT2D eigenvalue weighted by Crippen LogP contribution is 2.26. The third-order valence-electron chi connectivity index (χ3n) is 3.92. The van der Waals surface area contributed by atoms with Crippen molar-refractivity contribution >= 4 is 31.5 Å². The second-order valence-corrected chi connectivity index (χ2v) is 8.54. The third-order valence-corrected chi connectivity index (χ3v) is 6.27. The van der Waals surface area contributed by atoms with Gasteiger partial charge >= 0.3 is 0 Å². The molecule has 0 unspecified atom stereocenters. The Kier molecular flexibility index (Phi) is 5.03. The molecule has 1 aliphatic rings. The van der Waals surface area contributed by atoms with Crippen LogP contribution < -0.4 is 0 Å². The fourth-order valence-corrected chi connectivity index (χ4v) is 4.38. The highest BCUT2D eigenvalue weighted by Gasteiger charge is 2.24. The van der Waals surface area contributed by atoms with Crippen LogP contribution in [0, 0.1) is 0 Å². The predicted octanol–water partition coefficient (Wildman–Crippen LogP) is 3.17. The van der Waals surface area contributed by atoms with Crippen molar-refractivity contribution in [2.75, 3.05) is 13.1 Å². The number of halogens is 1. The Morgan fingerprint density at radius 3 is 2.58 bits per heavy atom. The summed E-state index contributed by atoms with van der Waals surface area (Å²) in [7, 11) is -3.35. The number of rotatable bonds is 4. The number of nitrogens with zero attached hydrogens (tertiary/aromatic N) is 2. The molecule has 5 nitrogen and oxygen atoms in total. The molecular weight excluding hydrogens is 392 g/mol. The van der Waals surface area contributed by atoms with E-state index in [0.717, 1.165) is 21.2 Å². The quantitative estimate of drug-likeness (QED) is 0.842. The lowest BCUT2D eigenvalue weighted by atomic mass is 10.0. The summed E-state index contributed by atoms with van der Waals surface area (Å²) in [4.78, 5) is 3.96. The van der Waals surface area contributed by atoms with Gasteiger partial charge in [-0.25, -0.2) is 8.42 Å². The summed E-state index contributed by atoms with van der Waals surface area (Å²) in [6, 6.07) is 8.95. The molecule has 0 bridgehead atoms. The first-order chi connectivity index (χ1) is 11.4. The fraction of sp³-hybridized carbons (Fsp3) is 0.235. The zero-order valence-corrected chi connectivity index (χ0v) is 15.3. The van der Waals surface area contributed by atoms with Crippen molar-refractivity contribution in [1.29, 1.82) is 0 Å². The van der Waals surface area contributed by atoms with Crippen molar-refractivity contribution in [2.24, 2.45) is 0 Å². The number of benzene rings is 1. The topological polar surface area (TPSA) is 70.5 Å². The molecule has 126 valence electrons. The summed E-state index contributed by atoms with van der Waals surface area (Å²) in [6.07, 6.45) is 5.54. The molecule has 0 saturated carbocycles. The number of hydrogen-bond donors (Lipinski definition) is 1. The lowest BCUT2D eigenvalue weighted by Crippen LogP contribution is -2.35. The molecule has 2 aromatic rings. The molecule has 0 amide bonds. The molecule has 24 heavy (non-hydrogen) atoms. The molecule has 1 aromatic carbocycles. The van der Waals surface area contributed by atoms with E-state index >= 15 is 0 Å². The minimum atomic E-state index is -3.35. The second kappa shape index (κ2) is 7.04. The predicted molar refractivity (Wildman–Crippen MR) is 96.8 cm³/mol. The van der Waals surface area contributed by atoms with Gasteiger partial charge in [-0.15, -0.1) is 0 Å². The van der Waals surface area contributed by atoms with Gasteiger partial charge in [0.1, 0.15) is 5.75 Å². The van der Waals surface area contributed by atoms with E-state index in [0.29, 0.717) is 19.5 Å². The molecule has 7 heteroatoms. The van der Waals surface area contributed by atoms with Gasteiger partial charge in [-0.05, 0) is 41.3 Å². The second-order valence-electron chi connectivity index (χ2n) is 5.65. The van der Waals surface area contributed by atoms with Crippen molar-refractivity contribution in [3.63, 3.8) is 0 Å². The number of aromatic hydroxyl groups is 1. The minimum absolute atomic E-state index is 0.00284. The van der Waals surface area contributed by atoms with Crippen LogP contribution in [0.4, 0.5) is 0 Å². The van der Waals surface area contributed by atoms with Crippen molar-refractivity contribution < 1.29 is 13.5 Å².